The summed E-state index contributed by atoms with van der Waals surface area (Å²) in [6.45, 7) is 0. The molecule has 0 radical (unpaired) electrons. The summed E-state index contributed by atoms with van der Waals surface area (Å²) >= 11 is 0. The van der Waals surface area contributed by atoms with Crippen molar-refractivity contribution in [2.75, 3.05) is 19.1 Å². The quantitative estimate of drug-likeness (QED) is 0.874. The highest BCUT2D eigenvalue weighted by molar-refractivity contribution is 5.88. The summed E-state index contributed by atoms with van der Waals surface area (Å²) in [7, 11) is 5.47. The molecule has 1 aliphatic rings. The minimum atomic E-state index is -0.00266. The van der Waals surface area contributed by atoms with Gasteiger partial charge < -0.3 is 14.2 Å². The third kappa shape index (κ3) is 2.56. The number of fused-ring (bicyclic) bond motifs is 1. The van der Waals surface area contributed by atoms with Crippen molar-refractivity contribution in [1.29, 1.82) is 0 Å². The van der Waals surface area contributed by atoms with Gasteiger partial charge in [0, 0.05) is 32.3 Å². The van der Waals surface area contributed by atoms with Crippen molar-refractivity contribution < 1.29 is 4.74 Å². The Bertz CT molecular complexity index is 732. The molecule has 1 aliphatic carbocycles. The summed E-state index contributed by atoms with van der Waals surface area (Å²) in [5.74, 6) is 0.574. The lowest BCUT2D eigenvalue weighted by Gasteiger charge is -2.33. The molecule has 0 atom stereocenters. The van der Waals surface area contributed by atoms with E-state index in [1.807, 2.05) is 6.07 Å². The second-order valence-corrected chi connectivity index (χ2v) is 6.05. The molecule has 5 heteroatoms. The third-order valence-corrected chi connectivity index (χ3v) is 4.75. The van der Waals surface area contributed by atoms with Gasteiger partial charge in [0.2, 0.25) is 5.88 Å². The van der Waals surface area contributed by atoms with Crippen molar-refractivity contribution in [2.24, 2.45) is 7.05 Å². The van der Waals surface area contributed by atoms with Crippen LogP contribution in [0.25, 0.3) is 11.0 Å². The number of rotatable bonds is 3. The first-order valence-corrected chi connectivity index (χ1v) is 7.89. The maximum atomic E-state index is 12.3. The normalized spacial score (nSPS) is 16.0. The summed E-state index contributed by atoms with van der Waals surface area (Å²) < 4.78 is 6.89. The third-order valence-electron chi connectivity index (χ3n) is 4.75. The molecule has 118 valence electrons. The summed E-state index contributed by atoms with van der Waals surface area (Å²) in [5.41, 5.74) is 2.57. The largest absolute Gasteiger partial charge is 0.481 e. The van der Waals surface area contributed by atoms with Crippen LogP contribution in [0, 0.1) is 0 Å². The van der Waals surface area contributed by atoms with Gasteiger partial charge in [-0.15, -0.1) is 0 Å². The zero-order valence-corrected chi connectivity index (χ0v) is 13.5. The van der Waals surface area contributed by atoms with E-state index >= 15 is 0 Å². The van der Waals surface area contributed by atoms with Crippen LogP contribution in [0.5, 0.6) is 5.88 Å². The van der Waals surface area contributed by atoms with Crippen molar-refractivity contribution >= 4 is 16.7 Å². The molecule has 0 aliphatic heterocycles. The zero-order valence-electron chi connectivity index (χ0n) is 13.5. The molecule has 2 aromatic rings. The Hall–Kier alpha value is -2.04. The van der Waals surface area contributed by atoms with Crippen molar-refractivity contribution in [1.82, 2.24) is 9.55 Å². The number of aryl methyl sites for hydroxylation is 1. The van der Waals surface area contributed by atoms with Crippen molar-refractivity contribution in [2.45, 2.75) is 38.1 Å². The highest BCUT2D eigenvalue weighted by Crippen LogP contribution is 2.30. The lowest BCUT2D eigenvalue weighted by atomic mass is 9.94. The first-order chi connectivity index (χ1) is 10.6. The van der Waals surface area contributed by atoms with Crippen molar-refractivity contribution in [3.05, 3.63) is 28.6 Å². The minimum absolute atomic E-state index is 0.00266. The van der Waals surface area contributed by atoms with Gasteiger partial charge in [0.25, 0.3) is 5.56 Å². The fourth-order valence-electron chi connectivity index (χ4n) is 3.34. The maximum Gasteiger partial charge on any atom is 0.252 e. The maximum absolute atomic E-state index is 12.3. The molecule has 0 amide bonds. The molecular weight excluding hydrogens is 278 g/mol. The number of pyridine rings is 2. The SMILES string of the molecule is COc1ccc2c(n1)c(N(C)C1CCCCC1)cc(=O)n2C. The smallest absolute Gasteiger partial charge is 0.252 e. The van der Waals surface area contributed by atoms with Crippen LogP contribution in [0.4, 0.5) is 5.69 Å². The Morgan fingerprint density at radius 2 is 2.00 bits per heavy atom. The van der Waals surface area contributed by atoms with Crippen LogP contribution in [0.15, 0.2) is 23.0 Å². The van der Waals surface area contributed by atoms with Crippen LogP contribution in [0.3, 0.4) is 0 Å². The van der Waals surface area contributed by atoms with Crippen LogP contribution in [-0.2, 0) is 7.05 Å². The van der Waals surface area contributed by atoms with Crippen LogP contribution >= 0.6 is 0 Å². The second kappa shape index (κ2) is 5.99. The molecule has 1 saturated carbocycles. The lowest BCUT2D eigenvalue weighted by molar-refractivity contribution is 0.399. The second-order valence-electron chi connectivity index (χ2n) is 6.05. The molecule has 0 aromatic carbocycles. The Morgan fingerprint density at radius 1 is 1.27 bits per heavy atom. The average molecular weight is 301 g/mol. The van der Waals surface area contributed by atoms with Crippen LogP contribution in [-0.4, -0.2) is 29.8 Å². The number of methoxy groups -OCH3 is 1. The molecule has 0 unspecified atom stereocenters. The average Bonchev–Trinajstić information content (AvgIpc) is 2.57. The molecule has 3 rings (SSSR count). The number of anilines is 1. The number of ether oxygens (including phenoxy) is 1. The van der Waals surface area contributed by atoms with Gasteiger partial charge in [-0.25, -0.2) is 4.98 Å². The number of hydrogen-bond donors (Lipinski definition) is 0. The van der Waals surface area contributed by atoms with E-state index in [-0.39, 0.29) is 5.56 Å². The molecule has 0 bridgehead atoms. The summed E-state index contributed by atoms with van der Waals surface area (Å²) in [6.07, 6.45) is 6.19. The van der Waals surface area contributed by atoms with E-state index in [0.29, 0.717) is 11.9 Å². The first kappa shape index (κ1) is 14.9. The molecular formula is C17H23N3O2. The first-order valence-electron chi connectivity index (χ1n) is 7.89. The van der Waals surface area contributed by atoms with Crippen LogP contribution in [0.2, 0.25) is 0 Å². The van der Waals surface area contributed by atoms with E-state index < -0.39 is 0 Å². The molecule has 1 fully saturated rings. The molecule has 0 N–H and O–H groups in total. The van der Waals surface area contributed by atoms with Crippen molar-refractivity contribution in [3.63, 3.8) is 0 Å². The standard InChI is InChI=1S/C17H23N3O2/c1-19(12-7-5-4-6-8-12)14-11-16(21)20(2)13-9-10-15(22-3)18-17(13)14/h9-12H,4-8H2,1-3H3. The fraction of sp³-hybridized carbons (Fsp3) is 0.529. The summed E-state index contributed by atoms with van der Waals surface area (Å²) in [4.78, 5) is 19.1. The van der Waals surface area contributed by atoms with Crippen molar-refractivity contribution in [3.8, 4) is 5.88 Å². The van der Waals surface area contributed by atoms with Gasteiger partial charge >= 0.3 is 0 Å². The molecule has 2 heterocycles. The number of nitrogens with zero attached hydrogens (tertiary/aromatic N) is 3. The Morgan fingerprint density at radius 3 is 2.68 bits per heavy atom. The summed E-state index contributed by atoms with van der Waals surface area (Å²) in [6, 6.07) is 5.88. The molecule has 22 heavy (non-hydrogen) atoms. The molecule has 0 saturated heterocycles. The van der Waals surface area contributed by atoms with Gasteiger partial charge in [0.05, 0.1) is 18.3 Å². The molecule has 2 aromatic heterocycles. The van der Waals surface area contributed by atoms with E-state index in [2.05, 4.69) is 16.9 Å². The summed E-state index contributed by atoms with van der Waals surface area (Å²) in [5, 5.41) is 0. The lowest BCUT2D eigenvalue weighted by Crippen LogP contribution is -2.34. The van der Waals surface area contributed by atoms with Gasteiger partial charge in [-0.3, -0.25) is 4.79 Å². The molecule has 0 spiro atoms. The number of hydrogen-bond acceptors (Lipinski definition) is 4. The van der Waals surface area contributed by atoms with Gasteiger partial charge in [-0.2, -0.15) is 0 Å². The van der Waals surface area contributed by atoms with Gasteiger partial charge in [0.15, 0.2) is 0 Å². The Kier molecular flexibility index (Phi) is 4.05. The molecule has 5 nitrogen and oxygen atoms in total. The van der Waals surface area contributed by atoms with Crippen LogP contribution < -0.4 is 15.2 Å². The highest BCUT2D eigenvalue weighted by Gasteiger charge is 2.21. The Balaban J connectivity index is 2.14. The number of aromatic nitrogens is 2. The van der Waals surface area contributed by atoms with Crippen LogP contribution in [0.1, 0.15) is 32.1 Å². The van der Waals surface area contributed by atoms with Gasteiger partial charge in [-0.1, -0.05) is 19.3 Å². The van der Waals surface area contributed by atoms with Gasteiger partial charge in [-0.05, 0) is 18.9 Å². The monoisotopic (exact) mass is 301 g/mol. The van der Waals surface area contributed by atoms with E-state index in [9.17, 15) is 4.79 Å². The highest BCUT2D eigenvalue weighted by atomic mass is 16.5. The predicted molar refractivity (Wildman–Crippen MR) is 88.8 cm³/mol. The van der Waals surface area contributed by atoms with E-state index in [0.717, 1.165) is 16.7 Å². The van der Waals surface area contributed by atoms with Gasteiger partial charge in [0.1, 0.15) is 5.52 Å². The van der Waals surface area contributed by atoms with E-state index in [1.54, 1.807) is 30.9 Å². The minimum Gasteiger partial charge on any atom is -0.481 e. The Labute approximate surface area is 130 Å². The fourth-order valence-corrected chi connectivity index (χ4v) is 3.34. The van der Waals surface area contributed by atoms with E-state index in [1.165, 1.54) is 32.1 Å². The van der Waals surface area contributed by atoms with E-state index in [4.69, 9.17) is 4.74 Å². The zero-order chi connectivity index (χ0) is 15.7. The topological polar surface area (TPSA) is 47.4 Å². The predicted octanol–water partition coefficient (Wildman–Crippen LogP) is 2.71.